The number of amides is 1. The molecule has 0 bridgehead atoms. The van der Waals surface area contributed by atoms with E-state index >= 15 is 0 Å². The molecular formula is C19H23FN4O3S2. The molecule has 0 spiro atoms. The first kappa shape index (κ1) is 20.3. The Bertz CT molecular complexity index is 989. The Kier molecular flexibility index (Phi) is 5.91. The predicted octanol–water partition coefficient (Wildman–Crippen LogP) is 2.46. The molecule has 4 rings (SSSR count). The molecule has 2 fully saturated rings. The molecule has 1 unspecified atom stereocenters. The molecule has 1 aliphatic heterocycles. The molecule has 0 radical (unpaired) electrons. The first-order valence-corrected chi connectivity index (χ1v) is 12.5. The Morgan fingerprint density at radius 3 is 2.66 bits per heavy atom. The van der Waals surface area contributed by atoms with Crippen LogP contribution in [0.2, 0.25) is 0 Å². The zero-order valence-electron chi connectivity index (χ0n) is 15.9. The van der Waals surface area contributed by atoms with E-state index in [2.05, 4.69) is 10.2 Å². The first-order chi connectivity index (χ1) is 13.9. The Hall–Kier alpha value is -1.94. The smallest absolute Gasteiger partial charge is 0.233 e. The van der Waals surface area contributed by atoms with Crippen LogP contribution < -0.4 is 0 Å². The molecule has 2 heterocycles. The van der Waals surface area contributed by atoms with Crippen LogP contribution in [-0.4, -0.2) is 63.3 Å². The van der Waals surface area contributed by atoms with E-state index in [-0.39, 0.29) is 35.2 Å². The van der Waals surface area contributed by atoms with Crippen molar-refractivity contribution in [2.24, 2.45) is 0 Å². The van der Waals surface area contributed by atoms with Crippen molar-refractivity contribution in [3.63, 3.8) is 0 Å². The SMILES string of the molecule is O=C(CSc1nncn1-c1ccccc1F)N(C1CCCC1)C1CCS(=O)(=O)C1. The third-order valence-corrected chi connectivity index (χ3v) is 8.24. The van der Waals surface area contributed by atoms with Crippen LogP contribution in [0.25, 0.3) is 5.69 Å². The summed E-state index contributed by atoms with van der Waals surface area (Å²) in [6.45, 7) is 0. The van der Waals surface area contributed by atoms with Crippen LogP contribution in [0.3, 0.4) is 0 Å². The van der Waals surface area contributed by atoms with E-state index in [9.17, 15) is 17.6 Å². The van der Waals surface area contributed by atoms with Gasteiger partial charge in [0.2, 0.25) is 5.91 Å². The molecule has 1 atom stereocenters. The zero-order chi connectivity index (χ0) is 20.4. The van der Waals surface area contributed by atoms with Gasteiger partial charge in [-0.1, -0.05) is 36.7 Å². The van der Waals surface area contributed by atoms with Crippen molar-refractivity contribution < 1.29 is 17.6 Å². The molecule has 1 aliphatic carbocycles. The summed E-state index contributed by atoms with van der Waals surface area (Å²) < 4.78 is 39.6. The number of hydrogen-bond acceptors (Lipinski definition) is 6. The highest BCUT2D eigenvalue weighted by Crippen LogP contribution is 2.30. The number of para-hydroxylation sites is 1. The molecule has 156 valence electrons. The molecule has 2 aromatic rings. The van der Waals surface area contributed by atoms with Crippen molar-refractivity contribution in [1.29, 1.82) is 0 Å². The van der Waals surface area contributed by atoms with Crippen molar-refractivity contribution >= 4 is 27.5 Å². The highest BCUT2D eigenvalue weighted by Gasteiger charge is 2.39. The molecule has 10 heteroatoms. The van der Waals surface area contributed by atoms with Gasteiger partial charge in [0.1, 0.15) is 12.1 Å². The number of carbonyl (C=O) groups excluding carboxylic acids is 1. The highest BCUT2D eigenvalue weighted by atomic mass is 32.2. The number of hydrogen-bond donors (Lipinski definition) is 0. The molecule has 29 heavy (non-hydrogen) atoms. The number of sulfone groups is 1. The van der Waals surface area contributed by atoms with E-state index in [1.165, 1.54) is 28.7 Å². The van der Waals surface area contributed by atoms with Crippen LogP contribution in [0.15, 0.2) is 35.7 Å². The molecule has 7 nitrogen and oxygen atoms in total. The molecule has 0 N–H and O–H groups in total. The van der Waals surface area contributed by atoms with Gasteiger partial charge in [-0.15, -0.1) is 10.2 Å². The lowest BCUT2D eigenvalue weighted by molar-refractivity contribution is -0.132. The summed E-state index contributed by atoms with van der Waals surface area (Å²) in [5.74, 6) is -0.190. The fourth-order valence-corrected chi connectivity index (χ4v) is 6.72. The lowest BCUT2D eigenvalue weighted by atomic mass is 10.1. The Labute approximate surface area is 173 Å². The maximum Gasteiger partial charge on any atom is 0.233 e. The number of aromatic nitrogens is 3. The topological polar surface area (TPSA) is 85.2 Å². The van der Waals surface area contributed by atoms with Gasteiger partial charge < -0.3 is 4.90 Å². The maximum atomic E-state index is 14.1. The van der Waals surface area contributed by atoms with Gasteiger partial charge >= 0.3 is 0 Å². The van der Waals surface area contributed by atoms with Gasteiger partial charge in [-0.3, -0.25) is 9.36 Å². The normalized spacial score (nSPS) is 21.5. The van der Waals surface area contributed by atoms with E-state index in [0.717, 1.165) is 25.7 Å². The fourth-order valence-electron chi connectivity index (χ4n) is 4.22. The largest absolute Gasteiger partial charge is 0.335 e. The second kappa shape index (κ2) is 8.43. The van der Waals surface area contributed by atoms with Crippen LogP contribution in [0, 0.1) is 5.82 Å². The van der Waals surface area contributed by atoms with Crippen LogP contribution in [0.4, 0.5) is 4.39 Å². The molecule has 2 aliphatic rings. The van der Waals surface area contributed by atoms with Gasteiger partial charge in [-0.05, 0) is 31.4 Å². The van der Waals surface area contributed by atoms with Crippen LogP contribution in [0.5, 0.6) is 0 Å². The minimum Gasteiger partial charge on any atom is -0.335 e. The third-order valence-electron chi connectivity index (χ3n) is 5.56. The maximum absolute atomic E-state index is 14.1. The average Bonchev–Trinajstić information content (AvgIpc) is 3.42. The summed E-state index contributed by atoms with van der Waals surface area (Å²) >= 11 is 1.19. The van der Waals surface area contributed by atoms with E-state index in [4.69, 9.17) is 0 Å². The Balaban J connectivity index is 1.49. The van der Waals surface area contributed by atoms with Crippen molar-refractivity contribution in [3.05, 3.63) is 36.4 Å². The summed E-state index contributed by atoms with van der Waals surface area (Å²) in [4.78, 5) is 14.9. The summed E-state index contributed by atoms with van der Waals surface area (Å²) in [6.07, 6.45) is 5.87. The summed E-state index contributed by atoms with van der Waals surface area (Å²) in [5, 5.41) is 8.31. The quantitative estimate of drug-likeness (QED) is 0.644. The fraction of sp³-hybridized carbons (Fsp3) is 0.526. The summed E-state index contributed by atoms with van der Waals surface area (Å²) in [5.41, 5.74) is 0.321. The number of thioether (sulfide) groups is 1. The van der Waals surface area contributed by atoms with Crippen molar-refractivity contribution in [2.45, 2.75) is 49.3 Å². The number of carbonyl (C=O) groups is 1. The van der Waals surface area contributed by atoms with Gasteiger partial charge in [0.25, 0.3) is 0 Å². The number of rotatable bonds is 6. The standard InChI is InChI=1S/C19H23FN4O3S2/c20-16-7-3-4-8-17(16)23-13-21-22-19(23)28-11-18(25)24(14-5-1-2-6-14)15-9-10-29(26,27)12-15/h3-4,7-8,13-15H,1-2,5-6,9-12H2. The van der Waals surface area contributed by atoms with Crippen LogP contribution >= 0.6 is 11.8 Å². The number of nitrogens with zero attached hydrogens (tertiary/aromatic N) is 4. The van der Waals surface area contributed by atoms with Gasteiger partial charge in [0.05, 0.1) is 22.9 Å². The second-order valence-corrected chi connectivity index (χ2v) is 10.7. The molecule has 1 aromatic carbocycles. The summed E-state index contributed by atoms with van der Waals surface area (Å²) in [7, 11) is -3.08. The molecule has 1 amide bonds. The molecule has 1 saturated carbocycles. The van der Waals surface area contributed by atoms with Gasteiger partial charge in [0.15, 0.2) is 15.0 Å². The molecule has 1 aromatic heterocycles. The van der Waals surface area contributed by atoms with Crippen molar-refractivity contribution in [1.82, 2.24) is 19.7 Å². The van der Waals surface area contributed by atoms with Gasteiger partial charge in [-0.2, -0.15) is 0 Å². The lowest BCUT2D eigenvalue weighted by Crippen LogP contribution is -2.47. The number of halogens is 1. The predicted molar refractivity (Wildman–Crippen MR) is 108 cm³/mol. The minimum atomic E-state index is -3.08. The van der Waals surface area contributed by atoms with Gasteiger partial charge in [0, 0.05) is 12.1 Å². The zero-order valence-corrected chi connectivity index (χ0v) is 17.5. The Morgan fingerprint density at radius 2 is 1.97 bits per heavy atom. The average molecular weight is 439 g/mol. The van der Waals surface area contributed by atoms with E-state index in [1.807, 2.05) is 4.90 Å². The Morgan fingerprint density at radius 1 is 1.21 bits per heavy atom. The number of benzene rings is 1. The summed E-state index contributed by atoms with van der Waals surface area (Å²) in [6, 6.07) is 6.16. The minimum absolute atomic E-state index is 0.0469. The third kappa shape index (κ3) is 4.48. The molecule has 1 saturated heterocycles. The second-order valence-electron chi connectivity index (χ2n) is 7.52. The first-order valence-electron chi connectivity index (χ1n) is 9.74. The van der Waals surface area contributed by atoms with Crippen molar-refractivity contribution in [2.75, 3.05) is 17.3 Å². The van der Waals surface area contributed by atoms with Crippen molar-refractivity contribution in [3.8, 4) is 5.69 Å². The van der Waals surface area contributed by atoms with Crippen LogP contribution in [0.1, 0.15) is 32.1 Å². The highest BCUT2D eigenvalue weighted by molar-refractivity contribution is 7.99. The molecular weight excluding hydrogens is 415 g/mol. The van der Waals surface area contributed by atoms with Gasteiger partial charge in [-0.25, -0.2) is 12.8 Å². The van der Waals surface area contributed by atoms with E-state index < -0.39 is 15.7 Å². The van der Waals surface area contributed by atoms with Crippen LogP contribution in [-0.2, 0) is 14.6 Å². The monoisotopic (exact) mass is 438 g/mol. The van der Waals surface area contributed by atoms with E-state index in [0.29, 0.717) is 17.3 Å². The van der Waals surface area contributed by atoms with E-state index in [1.54, 1.807) is 18.2 Å². The lowest BCUT2D eigenvalue weighted by Gasteiger charge is -2.34.